The summed E-state index contributed by atoms with van der Waals surface area (Å²) in [6.45, 7) is 1.83. The number of hydrogen-bond donors (Lipinski definition) is 2. The van der Waals surface area contributed by atoms with Crippen molar-refractivity contribution in [2.45, 2.75) is 63.8 Å². The van der Waals surface area contributed by atoms with Crippen molar-refractivity contribution >= 4 is 23.2 Å². The highest BCUT2D eigenvalue weighted by molar-refractivity contribution is 7.13. The van der Waals surface area contributed by atoms with Gasteiger partial charge in [0.2, 0.25) is 0 Å². The topological polar surface area (TPSA) is 79.3 Å². The van der Waals surface area contributed by atoms with Gasteiger partial charge >= 0.3 is 5.97 Å². The maximum atomic E-state index is 12.4. The minimum absolute atomic E-state index is 0.285. The van der Waals surface area contributed by atoms with Crippen molar-refractivity contribution in [1.29, 1.82) is 0 Å². The predicted octanol–water partition coefficient (Wildman–Crippen LogP) is 3.09. The zero-order chi connectivity index (χ0) is 15.7. The first-order valence-electron chi connectivity index (χ1n) is 8.05. The standard InChI is InChI=1S/C16H22N2O3S/c1-9-13(22-15(17-9)11-4-2-3-5-11)14(19)18-12(16(20)21)8-10-6-7-10/h10-12H,2-8H2,1H3,(H,18,19)(H,20,21). The van der Waals surface area contributed by atoms with Gasteiger partial charge in [-0.2, -0.15) is 0 Å². The highest BCUT2D eigenvalue weighted by Crippen LogP contribution is 2.37. The minimum atomic E-state index is -0.946. The second kappa shape index (κ2) is 6.36. The Bertz CT molecular complexity index is 574. The third kappa shape index (κ3) is 3.48. The van der Waals surface area contributed by atoms with Gasteiger partial charge in [-0.25, -0.2) is 9.78 Å². The van der Waals surface area contributed by atoms with E-state index in [1.165, 1.54) is 24.2 Å². The SMILES string of the molecule is Cc1nc(C2CCCC2)sc1C(=O)NC(CC1CC1)C(=O)O. The molecule has 0 bridgehead atoms. The molecule has 120 valence electrons. The molecule has 2 aliphatic carbocycles. The van der Waals surface area contributed by atoms with Crippen LogP contribution in [-0.2, 0) is 4.79 Å². The molecule has 0 spiro atoms. The number of nitrogens with one attached hydrogen (secondary N) is 1. The molecule has 2 N–H and O–H groups in total. The van der Waals surface area contributed by atoms with E-state index in [-0.39, 0.29) is 5.91 Å². The van der Waals surface area contributed by atoms with Crippen molar-refractivity contribution in [2.24, 2.45) is 5.92 Å². The van der Waals surface area contributed by atoms with E-state index < -0.39 is 12.0 Å². The molecule has 3 rings (SSSR count). The van der Waals surface area contributed by atoms with E-state index in [1.807, 2.05) is 6.92 Å². The summed E-state index contributed by atoms with van der Waals surface area (Å²) >= 11 is 1.44. The zero-order valence-electron chi connectivity index (χ0n) is 12.8. The summed E-state index contributed by atoms with van der Waals surface area (Å²) in [6.07, 6.45) is 7.44. The summed E-state index contributed by atoms with van der Waals surface area (Å²) in [4.78, 5) is 28.8. The third-order valence-electron chi connectivity index (χ3n) is 4.59. The molecule has 5 nitrogen and oxygen atoms in total. The largest absolute Gasteiger partial charge is 0.480 e. The third-order valence-corrected chi connectivity index (χ3v) is 5.91. The number of aromatic nitrogens is 1. The number of rotatable bonds is 6. The number of carboxylic acids is 1. The van der Waals surface area contributed by atoms with E-state index in [0.717, 1.165) is 36.4 Å². The van der Waals surface area contributed by atoms with Crippen LogP contribution in [0, 0.1) is 12.8 Å². The number of aliphatic carboxylic acids is 1. The lowest BCUT2D eigenvalue weighted by Gasteiger charge is -2.13. The maximum absolute atomic E-state index is 12.4. The molecule has 0 aliphatic heterocycles. The van der Waals surface area contributed by atoms with Crippen LogP contribution in [0.1, 0.15) is 71.2 Å². The van der Waals surface area contributed by atoms with Gasteiger partial charge in [-0.05, 0) is 32.1 Å². The van der Waals surface area contributed by atoms with Gasteiger partial charge in [0, 0.05) is 5.92 Å². The van der Waals surface area contributed by atoms with Crippen molar-refractivity contribution in [3.05, 3.63) is 15.6 Å². The van der Waals surface area contributed by atoms with Gasteiger partial charge < -0.3 is 10.4 Å². The molecular formula is C16H22N2O3S. The monoisotopic (exact) mass is 322 g/mol. The zero-order valence-corrected chi connectivity index (χ0v) is 13.6. The Labute approximate surface area is 134 Å². The van der Waals surface area contributed by atoms with Gasteiger partial charge in [0.15, 0.2) is 0 Å². The van der Waals surface area contributed by atoms with Crippen LogP contribution in [0.15, 0.2) is 0 Å². The fourth-order valence-electron chi connectivity index (χ4n) is 3.11. The first-order valence-corrected chi connectivity index (χ1v) is 8.87. The van der Waals surface area contributed by atoms with E-state index in [4.69, 9.17) is 0 Å². The molecule has 2 saturated carbocycles. The van der Waals surface area contributed by atoms with Gasteiger partial charge in [0.25, 0.3) is 5.91 Å². The molecule has 22 heavy (non-hydrogen) atoms. The fraction of sp³-hybridized carbons (Fsp3) is 0.688. The van der Waals surface area contributed by atoms with Crippen LogP contribution in [0.3, 0.4) is 0 Å². The van der Waals surface area contributed by atoms with Crippen LogP contribution in [0.25, 0.3) is 0 Å². The second-order valence-corrected chi connectivity index (χ2v) is 7.52. The van der Waals surface area contributed by atoms with Gasteiger partial charge in [-0.3, -0.25) is 4.79 Å². The molecule has 2 fully saturated rings. The molecule has 1 amide bonds. The van der Waals surface area contributed by atoms with E-state index in [2.05, 4.69) is 10.3 Å². The van der Waals surface area contributed by atoms with Crippen LogP contribution in [-0.4, -0.2) is 28.0 Å². The van der Waals surface area contributed by atoms with Crippen LogP contribution < -0.4 is 5.32 Å². The second-order valence-electron chi connectivity index (χ2n) is 6.49. The van der Waals surface area contributed by atoms with Crippen LogP contribution in [0.5, 0.6) is 0 Å². The van der Waals surface area contributed by atoms with Crippen LogP contribution in [0.2, 0.25) is 0 Å². The maximum Gasteiger partial charge on any atom is 0.326 e. The molecule has 6 heteroatoms. The summed E-state index contributed by atoms with van der Waals surface area (Å²) in [6, 6.07) is -0.781. The molecule has 1 heterocycles. The Hall–Kier alpha value is -1.43. The molecule has 0 aromatic carbocycles. The number of carbonyl (C=O) groups is 2. The Morgan fingerprint density at radius 3 is 2.59 bits per heavy atom. The van der Waals surface area contributed by atoms with E-state index >= 15 is 0 Å². The highest BCUT2D eigenvalue weighted by atomic mass is 32.1. The summed E-state index contributed by atoms with van der Waals surface area (Å²) in [7, 11) is 0. The van der Waals surface area contributed by atoms with Crippen molar-refractivity contribution in [2.75, 3.05) is 0 Å². The van der Waals surface area contributed by atoms with E-state index in [1.54, 1.807) is 0 Å². The molecule has 2 aliphatic rings. The van der Waals surface area contributed by atoms with Crippen molar-refractivity contribution in [3.8, 4) is 0 Å². The number of hydrogen-bond acceptors (Lipinski definition) is 4. The number of aryl methyl sites for hydroxylation is 1. The first kappa shape index (κ1) is 15.5. The van der Waals surface area contributed by atoms with Crippen LogP contribution in [0.4, 0.5) is 0 Å². The normalized spacial score (nSPS) is 20.0. The number of amides is 1. The summed E-state index contributed by atoms with van der Waals surface area (Å²) in [5.74, 6) is -0.296. The average molecular weight is 322 g/mol. The smallest absolute Gasteiger partial charge is 0.326 e. The quantitative estimate of drug-likeness (QED) is 0.843. The lowest BCUT2D eigenvalue weighted by molar-refractivity contribution is -0.139. The van der Waals surface area contributed by atoms with Gasteiger partial charge in [-0.1, -0.05) is 25.7 Å². The predicted molar refractivity (Wildman–Crippen MR) is 84.3 cm³/mol. The lowest BCUT2D eigenvalue weighted by Crippen LogP contribution is -2.41. The van der Waals surface area contributed by atoms with Crippen molar-refractivity contribution in [1.82, 2.24) is 10.3 Å². The summed E-state index contributed by atoms with van der Waals surface area (Å²) in [5, 5.41) is 13.0. The van der Waals surface area contributed by atoms with Gasteiger partial charge in [0.1, 0.15) is 10.9 Å². The van der Waals surface area contributed by atoms with Gasteiger partial charge in [0.05, 0.1) is 10.7 Å². The summed E-state index contributed by atoms with van der Waals surface area (Å²) < 4.78 is 0. The first-order chi connectivity index (χ1) is 10.5. The van der Waals surface area contributed by atoms with Crippen molar-refractivity contribution < 1.29 is 14.7 Å². The van der Waals surface area contributed by atoms with Crippen molar-refractivity contribution in [3.63, 3.8) is 0 Å². The molecule has 1 atom stereocenters. The average Bonchev–Trinajstić information content (AvgIpc) is 2.98. The fourth-order valence-corrected chi connectivity index (χ4v) is 4.25. The minimum Gasteiger partial charge on any atom is -0.480 e. The van der Waals surface area contributed by atoms with Crippen LogP contribution >= 0.6 is 11.3 Å². The van der Waals surface area contributed by atoms with E-state index in [9.17, 15) is 14.7 Å². The van der Waals surface area contributed by atoms with E-state index in [0.29, 0.717) is 23.1 Å². The van der Waals surface area contributed by atoms with Gasteiger partial charge in [-0.15, -0.1) is 11.3 Å². The molecule has 0 radical (unpaired) electrons. The number of thiazole rings is 1. The number of carboxylic acid groups (broad SMARTS) is 1. The molecule has 1 unspecified atom stereocenters. The lowest BCUT2D eigenvalue weighted by atomic mass is 10.1. The Balaban J connectivity index is 1.69. The highest BCUT2D eigenvalue weighted by Gasteiger charge is 2.31. The molecule has 1 aromatic heterocycles. The Kier molecular flexibility index (Phi) is 4.47. The Morgan fingerprint density at radius 1 is 1.32 bits per heavy atom. The summed E-state index contributed by atoms with van der Waals surface area (Å²) in [5.41, 5.74) is 0.722. The molecule has 1 aromatic rings. The molecular weight excluding hydrogens is 300 g/mol. The number of carbonyl (C=O) groups excluding carboxylic acids is 1. The number of nitrogens with zero attached hydrogens (tertiary/aromatic N) is 1. The Morgan fingerprint density at radius 2 is 2.00 bits per heavy atom. The molecule has 0 saturated heterocycles.